The van der Waals surface area contributed by atoms with Crippen LogP contribution in [0.5, 0.6) is 11.5 Å². The number of benzene rings is 2. The largest absolute Gasteiger partial charge is 0.508 e. The van der Waals surface area contributed by atoms with E-state index in [1.807, 2.05) is 13.8 Å². The summed E-state index contributed by atoms with van der Waals surface area (Å²) in [5.74, 6) is 0.522. The van der Waals surface area contributed by atoms with Crippen molar-refractivity contribution < 1.29 is 10.2 Å². The van der Waals surface area contributed by atoms with E-state index in [2.05, 4.69) is 0 Å². The molecule has 0 aliphatic carbocycles. The first-order valence-corrected chi connectivity index (χ1v) is 6.06. The molecule has 0 fully saturated rings. The van der Waals surface area contributed by atoms with Crippen molar-refractivity contribution in [3.05, 3.63) is 57.6 Å². The maximum Gasteiger partial charge on any atom is 0.115 e. The SMILES string of the molecule is Cc1cc(O)ccc1Cl.Cc1cc(O)ccc1Cl. The maximum atomic E-state index is 8.88. The number of rotatable bonds is 0. The lowest BCUT2D eigenvalue weighted by Gasteiger charge is -1.95. The van der Waals surface area contributed by atoms with Crippen LogP contribution in [0.1, 0.15) is 11.1 Å². The average molecular weight is 285 g/mol. The van der Waals surface area contributed by atoms with Crippen LogP contribution >= 0.6 is 23.2 Å². The molecule has 0 aliphatic heterocycles. The quantitative estimate of drug-likeness (QED) is 0.736. The fourth-order valence-electron chi connectivity index (χ4n) is 1.26. The van der Waals surface area contributed by atoms with E-state index in [-0.39, 0.29) is 11.5 Å². The summed E-state index contributed by atoms with van der Waals surface area (Å²) in [6, 6.07) is 9.73. The highest BCUT2D eigenvalue weighted by Gasteiger charge is 1.93. The van der Waals surface area contributed by atoms with Crippen LogP contribution in [-0.4, -0.2) is 10.2 Å². The second-order valence-corrected chi connectivity index (χ2v) is 4.68. The summed E-state index contributed by atoms with van der Waals surface area (Å²) in [6.45, 7) is 3.70. The Morgan fingerprint density at radius 3 is 1.28 bits per heavy atom. The molecule has 0 radical (unpaired) electrons. The zero-order valence-electron chi connectivity index (χ0n) is 10.1. The van der Waals surface area contributed by atoms with E-state index in [0.717, 1.165) is 11.1 Å². The number of aryl methyl sites for hydroxylation is 2. The highest BCUT2D eigenvalue weighted by atomic mass is 35.5. The molecule has 0 saturated carbocycles. The lowest BCUT2D eigenvalue weighted by molar-refractivity contribution is 0.474. The first-order chi connectivity index (χ1) is 8.40. The molecule has 2 rings (SSSR count). The first kappa shape index (κ1) is 14.7. The van der Waals surface area contributed by atoms with Gasteiger partial charge < -0.3 is 10.2 Å². The van der Waals surface area contributed by atoms with E-state index in [4.69, 9.17) is 33.4 Å². The topological polar surface area (TPSA) is 40.5 Å². The van der Waals surface area contributed by atoms with E-state index >= 15 is 0 Å². The van der Waals surface area contributed by atoms with Crippen molar-refractivity contribution in [1.29, 1.82) is 0 Å². The third-order valence-corrected chi connectivity index (χ3v) is 3.13. The van der Waals surface area contributed by atoms with E-state index in [0.29, 0.717) is 10.0 Å². The summed E-state index contributed by atoms with van der Waals surface area (Å²) in [6.07, 6.45) is 0. The fraction of sp³-hybridized carbons (Fsp3) is 0.143. The van der Waals surface area contributed by atoms with Gasteiger partial charge >= 0.3 is 0 Å². The highest BCUT2D eigenvalue weighted by Crippen LogP contribution is 2.19. The first-order valence-electron chi connectivity index (χ1n) is 5.30. The lowest BCUT2D eigenvalue weighted by Crippen LogP contribution is -1.71. The Bertz CT molecular complexity index is 490. The van der Waals surface area contributed by atoms with Crippen LogP contribution in [0.3, 0.4) is 0 Å². The van der Waals surface area contributed by atoms with Crippen LogP contribution in [0.4, 0.5) is 0 Å². The van der Waals surface area contributed by atoms with Gasteiger partial charge in [0.2, 0.25) is 0 Å². The van der Waals surface area contributed by atoms with E-state index in [1.54, 1.807) is 36.4 Å². The molecule has 2 nitrogen and oxygen atoms in total. The van der Waals surface area contributed by atoms with Crippen LogP contribution in [0, 0.1) is 13.8 Å². The minimum Gasteiger partial charge on any atom is -0.508 e. The van der Waals surface area contributed by atoms with Gasteiger partial charge in [0.25, 0.3) is 0 Å². The molecule has 2 N–H and O–H groups in total. The number of phenolic OH excluding ortho intramolecular Hbond substituents is 2. The molecule has 0 unspecified atom stereocenters. The van der Waals surface area contributed by atoms with Gasteiger partial charge in [0, 0.05) is 10.0 Å². The van der Waals surface area contributed by atoms with E-state index in [9.17, 15) is 0 Å². The van der Waals surface area contributed by atoms with Crippen molar-refractivity contribution in [3.8, 4) is 11.5 Å². The van der Waals surface area contributed by atoms with Crippen molar-refractivity contribution in [2.24, 2.45) is 0 Å². The standard InChI is InChI=1S/2C7H7ClO/c2*1-5-4-6(9)2-3-7(5)8/h2*2-4,9H,1H3. The third-order valence-electron chi connectivity index (χ3n) is 2.28. The van der Waals surface area contributed by atoms with Crippen LogP contribution in [0.2, 0.25) is 10.0 Å². The molecule has 0 aromatic heterocycles. The van der Waals surface area contributed by atoms with Crippen molar-refractivity contribution in [3.63, 3.8) is 0 Å². The van der Waals surface area contributed by atoms with E-state index in [1.165, 1.54) is 0 Å². The second kappa shape index (κ2) is 6.53. The number of halogens is 2. The van der Waals surface area contributed by atoms with Gasteiger partial charge in [0.05, 0.1) is 0 Å². The Morgan fingerprint density at radius 2 is 1.06 bits per heavy atom. The molecule has 0 spiro atoms. The van der Waals surface area contributed by atoms with Crippen LogP contribution in [0.15, 0.2) is 36.4 Å². The van der Waals surface area contributed by atoms with Crippen molar-refractivity contribution >= 4 is 23.2 Å². The number of phenols is 2. The van der Waals surface area contributed by atoms with Crippen LogP contribution in [-0.2, 0) is 0 Å². The number of hydrogen-bond acceptors (Lipinski definition) is 2. The molecular formula is C14H14Cl2O2. The predicted octanol–water partition coefficient (Wildman–Crippen LogP) is 4.71. The Kier molecular flexibility index (Phi) is 5.32. The van der Waals surface area contributed by atoms with Crippen molar-refractivity contribution in [2.45, 2.75) is 13.8 Å². The number of aromatic hydroxyl groups is 2. The Balaban J connectivity index is 0.000000180. The minimum absolute atomic E-state index is 0.261. The maximum absolute atomic E-state index is 8.88. The summed E-state index contributed by atoms with van der Waals surface area (Å²) in [5.41, 5.74) is 1.80. The second-order valence-electron chi connectivity index (χ2n) is 3.87. The molecule has 0 aliphatic rings. The molecule has 4 heteroatoms. The van der Waals surface area contributed by atoms with Crippen LogP contribution in [0.25, 0.3) is 0 Å². The van der Waals surface area contributed by atoms with Gasteiger partial charge in [-0.2, -0.15) is 0 Å². The van der Waals surface area contributed by atoms with Gasteiger partial charge in [-0.1, -0.05) is 23.2 Å². The molecule has 18 heavy (non-hydrogen) atoms. The molecule has 0 heterocycles. The Labute approximate surface area is 116 Å². The minimum atomic E-state index is 0.261. The highest BCUT2D eigenvalue weighted by molar-refractivity contribution is 6.31. The van der Waals surface area contributed by atoms with Gasteiger partial charge in [0.1, 0.15) is 11.5 Å². The summed E-state index contributed by atoms with van der Waals surface area (Å²) in [5, 5.41) is 19.1. The summed E-state index contributed by atoms with van der Waals surface area (Å²) in [4.78, 5) is 0. The molecule has 0 bridgehead atoms. The zero-order chi connectivity index (χ0) is 13.7. The normalized spacial score (nSPS) is 9.56. The smallest absolute Gasteiger partial charge is 0.115 e. The molecule has 96 valence electrons. The summed E-state index contributed by atoms with van der Waals surface area (Å²) < 4.78 is 0. The monoisotopic (exact) mass is 284 g/mol. The summed E-state index contributed by atoms with van der Waals surface area (Å²) >= 11 is 11.3. The van der Waals surface area contributed by atoms with Gasteiger partial charge in [-0.05, 0) is 61.4 Å². The molecule has 0 atom stereocenters. The Hall–Kier alpha value is -1.38. The van der Waals surface area contributed by atoms with Crippen LogP contribution < -0.4 is 0 Å². The number of hydrogen-bond donors (Lipinski definition) is 2. The summed E-state index contributed by atoms with van der Waals surface area (Å²) in [7, 11) is 0. The van der Waals surface area contributed by atoms with E-state index < -0.39 is 0 Å². The predicted molar refractivity (Wildman–Crippen MR) is 75.7 cm³/mol. The zero-order valence-corrected chi connectivity index (χ0v) is 11.6. The van der Waals surface area contributed by atoms with Gasteiger partial charge in [-0.15, -0.1) is 0 Å². The van der Waals surface area contributed by atoms with Crippen molar-refractivity contribution in [1.82, 2.24) is 0 Å². The molecule has 2 aromatic carbocycles. The molecular weight excluding hydrogens is 271 g/mol. The third kappa shape index (κ3) is 4.47. The van der Waals surface area contributed by atoms with Gasteiger partial charge in [-0.3, -0.25) is 0 Å². The Morgan fingerprint density at radius 1 is 0.722 bits per heavy atom. The molecule has 0 amide bonds. The van der Waals surface area contributed by atoms with Crippen molar-refractivity contribution in [2.75, 3.05) is 0 Å². The molecule has 0 saturated heterocycles. The average Bonchev–Trinajstić information content (AvgIpc) is 2.30. The lowest BCUT2D eigenvalue weighted by atomic mass is 10.2. The van der Waals surface area contributed by atoms with Gasteiger partial charge in [-0.25, -0.2) is 0 Å². The van der Waals surface area contributed by atoms with Gasteiger partial charge in [0.15, 0.2) is 0 Å². The molecule has 2 aromatic rings. The fourth-order valence-corrected chi connectivity index (χ4v) is 1.49.